The van der Waals surface area contributed by atoms with Crippen molar-refractivity contribution in [3.63, 3.8) is 0 Å². The van der Waals surface area contributed by atoms with Crippen LogP contribution in [0.25, 0.3) is 0 Å². The Hall–Kier alpha value is -1.96. The summed E-state index contributed by atoms with van der Waals surface area (Å²) < 4.78 is 4.87. The first-order valence-electron chi connectivity index (χ1n) is 5.08. The van der Waals surface area contributed by atoms with E-state index in [-0.39, 0.29) is 0 Å². The zero-order valence-corrected chi connectivity index (χ0v) is 9.39. The fourth-order valence-corrected chi connectivity index (χ4v) is 1.17. The second-order valence-corrected chi connectivity index (χ2v) is 3.60. The third kappa shape index (κ3) is 5.05. The van der Waals surface area contributed by atoms with Gasteiger partial charge in [-0.3, -0.25) is 0 Å². The average Bonchev–Trinajstić information content (AvgIpc) is 2.71. The Morgan fingerprint density at radius 3 is 2.31 bits per heavy atom. The Morgan fingerprint density at radius 1 is 1.25 bits per heavy atom. The number of allylic oxidation sites excluding steroid dienone is 1. The van der Waals surface area contributed by atoms with E-state index in [9.17, 15) is 0 Å². The normalized spacial score (nSPS) is 9.06. The van der Waals surface area contributed by atoms with E-state index in [4.69, 9.17) is 9.52 Å². The van der Waals surface area contributed by atoms with Gasteiger partial charge in [-0.25, -0.2) is 0 Å². The summed E-state index contributed by atoms with van der Waals surface area (Å²) in [5.74, 6) is 0.322. The molecule has 1 N–H and O–H groups in total. The number of phenols is 1. The van der Waals surface area contributed by atoms with Crippen molar-refractivity contribution in [2.24, 2.45) is 0 Å². The number of hydrogen-bond donors (Lipinski definition) is 1. The number of hydrogen-bond acceptors (Lipinski definition) is 2. The fourth-order valence-electron chi connectivity index (χ4n) is 1.17. The van der Waals surface area contributed by atoms with Gasteiger partial charge >= 0.3 is 0 Å². The molecule has 1 heterocycles. The number of furan rings is 1. The first-order chi connectivity index (χ1) is 7.68. The van der Waals surface area contributed by atoms with Crippen LogP contribution in [0.3, 0.4) is 0 Å². The maximum absolute atomic E-state index is 8.63. The predicted octanol–water partition coefficient (Wildman–Crippen LogP) is 3.79. The summed E-state index contributed by atoms with van der Waals surface area (Å²) in [5.41, 5.74) is 2.36. The molecule has 2 nitrogen and oxygen atoms in total. The maximum Gasteiger partial charge on any atom is 0.115 e. The molecule has 0 saturated carbocycles. The molecule has 0 saturated heterocycles. The minimum Gasteiger partial charge on any atom is -0.508 e. The van der Waals surface area contributed by atoms with Gasteiger partial charge in [-0.1, -0.05) is 30.4 Å². The van der Waals surface area contributed by atoms with Crippen LogP contribution in [0.1, 0.15) is 12.5 Å². The van der Waals surface area contributed by atoms with Crippen molar-refractivity contribution in [2.45, 2.75) is 13.3 Å². The molecule has 0 bridgehead atoms. The summed E-state index contributed by atoms with van der Waals surface area (Å²) in [6, 6.07) is 10.7. The third-order valence-electron chi connectivity index (χ3n) is 1.84. The summed E-state index contributed by atoms with van der Waals surface area (Å²) in [6.07, 6.45) is 4.35. The van der Waals surface area contributed by atoms with E-state index in [1.54, 1.807) is 36.8 Å². The van der Waals surface area contributed by atoms with Crippen molar-refractivity contribution in [3.8, 4) is 5.75 Å². The minimum absolute atomic E-state index is 0.322. The van der Waals surface area contributed by atoms with E-state index < -0.39 is 0 Å². The Morgan fingerprint density at radius 2 is 1.94 bits per heavy atom. The van der Waals surface area contributed by atoms with Gasteiger partial charge in [0.1, 0.15) is 5.75 Å². The Labute approximate surface area is 95.9 Å². The number of rotatable bonds is 2. The van der Waals surface area contributed by atoms with E-state index in [0.717, 1.165) is 12.0 Å². The summed E-state index contributed by atoms with van der Waals surface area (Å²) >= 11 is 0. The highest BCUT2D eigenvalue weighted by Gasteiger charge is 1.91. The molecule has 2 rings (SSSR count). The SMILES string of the molecule is C=C(C)Cc1ccoc1.Oc1ccccc1. The number of phenolic OH excluding ortho intramolecular Hbond substituents is 1. The molecule has 0 aliphatic rings. The first-order valence-corrected chi connectivity index (χ1v) is 5.08. The fraction of sp³-hybridized carbons (Fsp3) is 0.143. The Balaban J connectivity index is 0.000000165. The summed E-state index contributed by atoms with van der Waals surface area (Å²) in [5, 5.41) is 8.63. The molecule has 84 valence electrons. The highest BCUT2D eigenvalue weighted by Crippen LogP contribution is 2.05. The Kier molecular flexibility index (Phi) is 4.93. The lowest BCUT2D eigenvalue weighted by atomic mass is 10.1. The molecule has 1 aromatic carbocycles. The standard InChI is InChI=1S/C8H10O.C6H6O/c1-7(2)5-8-3-4-9-6-8;7-6-4-2-1-3-5-6/h3-4,6H,1,5H2,2H3;1-5,7H. The largest absolute Gasteiger partial charge is 0.508 e. The van der Waals surface area contributed by atoms with Crippen molar-refractivity contribution in [3.05, 3.63) is 66.6 Å². The van der Waals surface area contributed by atoms with Crippen LogP contribution >= 0.6 is 0 Å². The van der Waals surface area contributed by atoms with E-state index >= 15 is 0 Å². The summed E-state index contributed by atoms with van der Waals surface area (Å²) in [4.78, 5) is 0. The van der Waals surface area contributed by atoms with Crippen molar-refractivity contribution < 1.29 is 9.52 Å². The molecule has 0 atom stereocenters. The van der Waals surface area contributed by atoms with E-state index in [1.165, 1.54) is 5.56 Å². The second kappa shape index (κ2) is 6.51. The molecule has 0 radical (unpaired) electrons. The number of aromatic hydroxyl groups is 1. The van der Waals surface area contributed by atoms with Gasteiger partial charge in [-0.2, -0.15) is 0 Å². The topological polar surface area (TPSA) is 33.4 Å². The minimum atomic E-state index is 0.322. The van der Waals surface area contributed by atoms with Crippen LogP contribution in [0.5, 0.6) is 5.75 Å². The van der Waals surface area contributed by atoms with Gasteiger partial charge in [-0.15, -0.1) is 0 Å². The van der Waals surface area contributed by atoms with Crippen LogP contribution in [-0.2, 0) is 6.42 Å². The smallest absolute Gasteiger partial charge is 0.115 e. The predicted molar refractivity (Wildman–Crippen MR) is 65.3 cm³/mol. The molecule has 1 aromatic heterocycles. The number of para-hydroxylation sites is 1. The zero-order chi connectivity index (χ0) is 11.8. The van der Waals surface area contributed by atoms with Gasteiger partial charge in [0.15, 0.2) is 0 Å². The number of benzene rings is 1. The van der Waals surface area contributed by atoms with Gasteiger partial charge in [0, 0.05) is 0 Å². The molecular weight excluding hydrogens is 200 g/mol. The molecule has 2 aromatic rings. The zero-order valence-electron chi connectivity index (χ0n) is 9.39. The molecular formula is C14H16O2. The van der Waals surface area contributed by atoms with Crippen molar-refractivity contribution in [2.75, 3.05) is 0 Å². The monoisotopic (exact) mass is 216 g/mol. The van der Waals surface area contributed by atoms with Gasteiger partial charge < -0.3 is 9.52 Å². The van der Waals surface area contributed by atoms with Crippen molar-refractivity contribution in [1.29, 1.82) is 0 Å². The second-order valence-electron chi connectivity index (χ2n) is 3.60. The third-order valence-corrected chi connectivity index (χ3v) is 1.84. The van der Waals surface area contributed by atoms with E-state index in [2.05, 4.69) is 6.58 Å². The molecule has 0 aliphatic carbocycles. The first kappa shape index (κ1) is 12.1. The van der Waals surface area contributed by atoms with E-state index in [0.29, 0.717) is 5.75 Å². The van der Waals surface area contributed by atoms with Gasteiger partial charge in [0.05, 0.1) is 12.5 Å². The van der Waals surface area contributed by atoms with E-state index in [1.807, 2.05) is 19.1 Å². The van der Waals surface area contributed by atoms with Crippen LogP contribution in [0.4, 0.5) is 0 Å². The van der Waals surface area contributed by atoms with Crippen molar-refractivity contribution >= 4 is 0 Å². The van der Waals surface area contributed by atoms with Crippen LogP contribution in [0.2, 0.25) is 0 Å². The lowest BCUT2D eigenvalue weighted by Gasteiger charge is -1.90. The molecule has 16 heavy (non-hydrogen) atoms. The maximum atomic E-state index is 8.63. The molecule has 0 unspecified atom stereocenters. The van der Waals surface area contributed by atoms with Crippen LogP contribution in [0, 0.1) is 0 Å². The lowest BCUT2D eigenvalue weighted by Crippen LogP contribution is -1.79. The van der Waals surface area contributed by atoms with Crippen LogP contribution < -0.4 is 0 Å². The van der Waals surface area contributed by atoms with Gasteiger partial charge in [0.2, 0.25) is 0 Å². The van der Waals surface area contributed by atoms with Crippen LogP contribution in [0.15, 0.2) is 65.5 Å². The molecule has 0 aliphatic heterocycles. The molecule has 0 spiro atoms. The molecule has 0 fully saturated rings. The molecule has 2 heteroatoms. The highest BCUT2D eigenvalue weighted by molar-refractivity contribution is 5.18. The quantitative estimate of drug-likeness (QED) is 0.775. The molecule has 0 amide bonds. The van der Waals surface area contributed by atoms with Gasteiger partial charge in [0.25, 0.3) is 0 Å². The summed E-state index contributed by atoms with van der Waals surface area (Å²) in [7, 11) is 0. The van der Waals surface area contributed by atoms with Gasteiger partial charge in [-0.05, 0) is 37.1 Å². The van der Waals surface area contributed by atoms with Crippen molar-refractivity contribution in [1.82, 2.24) is 0 Å². The highest BCUT2D eigenvalue weighted by atomic mass is 16.3. The summed E-state index contributed by atoms with van der Waals surface area (Å²) in [6.45, 7) is 5.80. The van der Waals surface area contributed by atoms with Crippen LogP contribution in [-0.4, -0.2) is 5.11 Å². The Bertz CT molecular complexity index is 402. The lowest BCUT2D eigenvalue weighted by molar-refractivity contribution is 0.475. The average molecular weight is 216 g/mol.